The van der Waals surface area contributed by atoms with E-state index in [1.807, 2.05) is 45.2 Å². The van der Waals surface area contributed by atoms with Gasteiger partial charge in [0.25, 0.3) is 0 Å². The van der Waals surface area contributed by atoms with Crippen LogP contribution >= 0.6 is 45.2 Å². The summed E-state index contributed by atoms with van der Waals surface area (Å²) < 4.78 is 1.26. The van der Waals surface area contributed by atoms with Crippen LogP contribution in [0.3, 0.4) is 0 Å². The molecule has 0 radical (unpaired) electrons. The maximum Gasteiger partial charge on any atom is 0.320 e. The van der Waals surface area contributed by atoms with Gasteiger partial charge in [-0.05, 0) is 80.9 Å². The molecule has 2 aromatic rings. The number of benzene rings is 2. The van der Waals surface area contributed by atoms with E-state index in [0.29, 0.717) is 7.14 Å². The number of aliphatic carboxylic acids is 1. The van der Waals surface area contributed by atoms with Gasteiger partial charge in [0.1, 0.15) is 17.5 Å². The topological polar surface area (TPSA) is 104 Å². The molecule has 0 heterocycles. The number of aromatic hydroxyl groups is 2. The lowest BCUT2D eigenvalue weighted by Gasteiger charge is -2.16. The maximum atomic E-state index is 11.0. The molecule has 0 aliphatic carbocycles. The van der Waals surface area contributed by atoms with E-state index in [2.05, 4.69) is 0 Å². The minimum Gasteiger partial charge on any atom is -0.508 e. The van der Waals surface area contributed by atoms with Crippen LogP contribution in [0.5, 0.6) is 11.5 Å². The van der Waals surface area contributed by atoms with Crippen LogP contribution in [0, 0.1) is 7.14 Å². The molecule has 0 spiro atoms. The van der Waals surface area contributed by atoms with Crippen molar-refractivity contribution in [2.75, 3.05) is 0 Å². The van der Waals surface area contributed by atoms with Gasteiger partial charge < -0.3 is 21.1 Å². The number of hydrogen-bond acceptors (Lipinski definition) is 4. The van der Waals surface area contributed by atoms with Crippen molar-refractivity contribution in [3.63, 3.8) is 0 Å². The van der Waals surface area contributed by atoms with Crippen LogP contribution < -0.4 is 5.73 Å². The van der Waals surface area contributed by atoms with Crippen molar-refractivity contribution in [2.24, 2.45) is 5.73 Å². The Hall–Kier alpha value is -1.07. The summed E-state index contributed by atoms with van der Waals surface area (Å²) in [7, 11) is 0. The van der Waals surface area contributed by atoms with E-state index in [4.69, 9.17) is 10.8 Å². The second kappa shape index (κ2) is 7.01. The molecule has 0 amide bonds. The molecule has 0 bridgehead atoms. The lowest BCUT2D eigenvalue weighted by Crippen LogP contribution is -2.32. The van der Waals surface area contributed by atoms with Crippen LogP contribution in [0.15, 0.2) is 30.3 Å². The monoisotopic (exact) mass is 525 g/mol. The number of halogens is 2. The zero-order valence-corrected chi connectivity index (χ0v) is 15.6. The fraction of sp³-hybridized carbons (Fsp3) is 0.133. The number of nitrogens with two attached hydrogens (primary N) is 1. The zero-order chi connectivity index (χ0) is 16.4. The van der Waals surface area contributed by atoms with Crippen molar-refractivity contribution < 1.29 is 20.1 Å². The van der Waals surface area contributed by atoms with Gasteiger partial charge in [0.15, 0.2) is 0 Å². The predicted molar refractivity (Wildman–Crippen MR) is 100.0 cm³/mol. The Morgan fingerprint density at radius 1 is 1.18 bits per heavy atom. The first-order valence-electron chi connectivity index (χ1n) is 6.29. The SMILES string of the molecule is N[C@@H](Cc1cc(I)c(O)c(I)c1-c1ccc(O)cc1)C(=O)O. The summed E-state index contributed by atoms with van der Waals surface area (Å²) in [6, 6.07) is 7.24. The van der Waals surface area contributed by atoms with Gasteiger partial charge in [0, 0.05) is 5.56 Å². The average molecular weight is 525 g/mol. The molecule has 5 nitrogen and oxygen atoms in total. The zero-order valence-electron chi connectivity index (χ0n) is 11.3. The van der Waals surface area contributed by atoms with E-state index >= 15 is 0 Å². The van der Waals surface area contributed by atoms with Gasteiger partial charge in [-0.15, -0.1) is 0 Å². The van der Waals surface area contributed by atoms with E-state index in [1.165, 1.54) is 0 Å². The second-order valence-corrected chi connectivity index (χ2v) is 6.99. The van der Waals surface area contributed by atoms with Crippen molar-refractivity contribution >= 4 is 51.2 Å². The first-order chi connectivity index (χ1) is 10.3. The lowest BCUT2D eigenvalue weighted by molar-refractivity contribution is -0.138. The first-order valence-corrected chi connectivity index (χ1v) is 8.44. The highest BCUT2D eigenvalue weighted by molar-refractivity contribution is 14.1. The summed E-state index contributed by atoms with van der Waals surface area (Å²) in [5, 5.41) is 28.6. The first kappa shape index (κ1) is 17.3. The van der Waals surface area contributed by atoms with E-state index in [-0.39, 0.29) is 17.9 Å². The number of phenols is 2. The van der Waals surface area contributed by atoms with E-state index in [9.17, 15) is 15.0 Å². The molecule has 0 aliphatic rings. The predicted octanol–water partition coefficient (Wildman–Crippen LogP) is 2.93. The molecule has 0 fully saturated rings. The molecular weight excluding hydrogens is 512 g/mol. The number of carboxylic acids is 1. The molecule has 5 N–H and O–H groups in total. The fourth-order valence-corrected chi connectivity index (χ4v) is 4.19. The van der Waals surface area contributed by atoms with Crippen LogP contribution in [-0.2, 0) is 11.2 Å². The molecule has 1 atom stereocenters. The molecule has 2 rings (SSSR count). The normalized spacial score (nSPS) is 12.1. The number of hydrogen-bond donors (Lipinski definition) is 4. The van der Waals surface area contributed by atoms with Crippen LogP contribution in [0.25, 0.3) is 11.1 Å². The molecule has 116 valence electrons. The highest BCUT2D eigenvalue weighted by Gasteiger charge is 2.20. The Morgan fingerprint density at radius 3 is 2.32 bits per heavy atom. The van der Waals surface area contributed by atoms with Crippen LogP contribution in [0.4, 0.5) is 0 Å². The van der Waals surface area contributed by atoms with E-state index in [1.54, 1.807) is 30.3 Å². The smallest absolute Gasteiger partial charge is 0.320 e. The van der Waals surface area contributed by atoms with Gasteiger partial charge in [-0.3, -0.25) is 4.79 Å². The lowest BCUT2D eigenvalue weighted by atomic mass is 9.95. The largest absolute Gasteiger partial charge is 0.508 e. The number of carboxylic acid groups (broad SMARTS) is 1. The molecule has 0 saturated carbocycles. The summed E-state index contributed by atoms with van der Waals surface area (Å²) >= 11 is 4.02. The molecule has 22 heavy (non-hydrogen) atoms. The molecule has 0 saturated heterocycles. The molecule has 0 aromatic heterocycles. The average Bonchev–Trinajstić information content (AvgIpc) is 2.46. The number of rotatable bonds is 4. The van der Waals surface area contributed by atoms with Crippen molar-refractivity contribution in [1.29, 1.82) is 0 Å². The van der Waals surface area contributed by atoms with Crippen molar-refractivity contribution in [3.8, 4) is 22.6 Å². The van der Waals surface area contributed by atoms with Gasteiger partial charge in [0.05, 0.1) is 7.14 Å². The second-order valence-electron chi connectivity index (χ2n) is 4.75. The Labute approximate surface area is 154 Å². The van der Waals surface area contributed by atoms with E-state index in [0.717, 1.165) is 16.7 Å². The van der Waals surface area contributed by atoms with Crippen molar-refractivity contribution in [3.05, 3.63) is 43.0 Å². The van der Waals surface area contributed by atoms with Crippen molar-refractivity contribution in [2.45, 2.75) is 12.5 Å². The number of phenolic OH excluding ortho intramolecular Hbond substituents is 2. The summed E-state index contributed by atoms with van der Waals surface area (Å²) in [6.45, 7) is 0. The molecule has 0 unspecified atom stereocenters. The van der Waals surface area contributed by atoms with E-state index < -0.39 is 12.0 Å². The molecule has 0 aliphatic heterocycles. The molecule has 7 heteroatoms. The Morgan fingerprint density at radius 2 is 1.77 bits per heavy atom. The van der Waals surface area contributed by atoms with Crippen LogP contribution in [0.2, 0.25) is 0 Å². The van der Waals surface area contributed by atoms with Gasteiger partial charge >= 0.3 is 5.97 Å². The quantitative estimate of drug-likeness (QED) is 0.460. The highest BCUT2D eigenvalue weighted by Crippen LogP contribution is 2.38. The third-order valence-corrected chi connectivity index (χ3v) is 5.06. The van der Waals surface area contributed by atoms with Crippen LogP contribution in [0.1, 0.15) is 5.56 Å². The summed E-state index contributed by atoms with van der Waals surface area (Å²) in [5.41, 5.74) is 7.90. The van der Waals surface area contributed by atoms with Gasteiger partial charge in [-0.25, -0.2) is 0 Å². The minimum atomic E-state index is -1.07. The Balaban J connectivity index is 2.61. The van der Waals surface area contributed by atoms with Gasteiger partial charge in [0.2, 0.25) is 0 Å². The molecular formula is C15H13I2NO4. The van der Waals surface area contributed by atoms with Crippen LogP contribution in [-0.4, -0.2) is 27.3 Å². The van der Waals surface area contributed by atoms with Gasteiger partial charge in [-0.1, -0.05) is 12.1 Å². The molecule has 2 aromatic carbocycles. The maximum absolute atomic E-state index is 11.0. The standard InChI is InChI=1S/C15H13I2NO4/c16-10-5-8(6-11(18)15(21)22)12(13(17)14(10)20)7-1-3-9(19)4-2-7/h1-5,11,19-20H,6,18H2,(H,21,22)/t11-/m0/s1. The highest BCUT2D eigenvalue weighted by atomic mass is 127. The summed E-state index contributed by atoms with van der Waals surface area (Å²) in [6.07, 6.45) is 0.151. The minimum absolute atomic E-state index is 0.136. The Kier molecular flexibility index (Phi) is 5.50. The summed E-state index contributed by atoms with van der Waals surface area (Å²) in [4.78, 5) is 11.0. The third kappa shape index (κ3) is 3.63. The Bertz CT molecular complexity index is 716. The van der Waals surface area contributed by atoms with Gasteiger partial charge in [-0.2, -0.15) is 0 Å². The van der Waals surface area contributed by atoms with Crippen molar-refractivity contribution in [1.82, 2.24) is 0 Å². The fourth-order valence-electron chi connectivity index (χ4n) is 2.08. The summed E-state index contributed by atoms with van der Waals surface area (Å²) in [5.74, 6) is -0.788. The number of carbonyl (C=O) groups is 1. The third-order valence-electron chi connectivity index (χ3n) is 3.19.